The number of hydrogen-bond donors (Lipinski definition) is 2. The topological polar surface area (TPSA) is 58.4 Å². The molecular weight excluding hydrogens is 310 g/mol. The molecule has 130 valence electrons. The van der Waals surface area contributed by atoms with Gasteiger partial charge < -0.3 is 16.0 Å². The maximum absolute atomic E-state index is 12.0. The van der Waals surface area contributed by atoms with Crippen molar-refractivity contribution in [2.45, 2.75) is 39.2 Å². The van der Waals surface area contributed by atoms with Crippen LogP contribution in [0, 0.1) is 5.92 Å². The van der Waals surface area contributed by atoms with Crippen molar-refractivity contribution >= 4 is 18.3 Å². The zero-order chi connectivity index (χ0) is 15.8. The highest BCUT2D eigenvalue weighted by Gasteiger charge is 2.15. The second-order valence-electron chi connectivity index (χ2n) is 6.41. The van der Waals surface area contributed by atoms with E-state index in [9.17, 15) is 4.79 Å². The first-order valence-corrected chi connectivity index (χ1v) is 8.48. The zero-order valence-electron chi connectivity index (χ0n) is 14.1. The van der Waals surface area contributed by atoms with Crippen LogP contribution >= 0.6 is 12.4 Å². The summed E-state index contributed by atoms with van der Waals surface area (Å²) >= 11 is 0. The molecule has 1 fully saturated rings. The van der Waals surface area contributed by atoms with E-state index < -0.39 is 0 Å². The molecule has 1 aromatic rings. The van der Waals surface area contributed by atoms with Crippen LogP contribution in [0.4, 0.5) is 0 Å². The number of benzene rings is 1. The molecule has 1 aliphatic heterocycles. The SMILES string of the molecule is CC1CCCN(CCCCNC(=O)c2ccc(CN)cc2)C1.Cl. The van der Waals surface area contributed by atoms with E-state index >= 15 is 0 Å². The normalized spacial score (nSPS) is 18.3. The number of carbonyl (C=O) groups is 1. The first-order valence-electron chi connectivity index (χ1n) is 8.48. The van der Waals surface area contributed by atoms with Crippen molar-refractivity contribution in [3.63, 3.8) is 0 Å². The number of rotatable bonds is 7. The van der Waals surface area contributed by atoms with E-state index in [1.165, 1.54) is 25.9 Å². The van der Waals surface area contributed by atoms with Gasteiger partial charge in [-0.2, -0.15) is 0 Å². The summed E-state index contributed by atoms with van der Waals surface area (Å²) in [5.41, 5.74) is 7.31. The smallest absolute Gasteiger partial charge is 0.251 e. The van der Waals surface area contributed by atoms with Crippen molar-refractivity contribution in [1.29, 1.82) is 0 Å². The Morgan fingerprint density at radius 3 is 2.70 bits per heavy atom. The van der Waals surface area contributed by atoms with Crippen molar-refractivity contribution in [2.24, 2.45) is 11.7 Å². The molecule has 0 aliphatic carbocycles. The van der Waals surface area contributed by atoms with Crippen LogP contribution in [0.15, 0.2) is 24.3 Å². The molecule has 1 aliphatic rings. The Kier molecular flexibility index (Phi) is 9.22. The molecule has 0 saturated carbocycles. The lowest BCUT2D eigenvalue weighted by Crippen LogP contribution is -2.35. The second kappa shape index (κ2) is 10.6. The molecule has 1 saturated heterocycles. The molecule has 2 rings (SSSR count). The van der Waals surface area contributed by atoms with Gasteiger partial charge in [-0.15, -0.1) is 12.4 Å². The summed E-state index contributed by atoms with van der Waals surface area (Å²) in [7, 11) is 0. The van der Waals surface area contributed by atoms with Gasteiger partial charge in [0.1, 0.15) is 0 Å². The first kappa shape index (κ1) is 19.9. The largest absolute Gasteiger partial charge is 0.352 e. The Labute approximate surface area is 146 Å². The molecule has 0 spiro atoms. The third-order valence-corrected chi connectivity index (χ3v) is 4.38. The van der Waals surface area contributed by atoms with Crippen LogP contribution in [0.25, 0.3) is 0 Å². The Morgan fingerprint density at radius 1 is 1.30 bits per heavy atom. The molecule has 4 nitrogen and oxygen atoms in total. The number of nitrogens with zero attached hydrogens (tertiary/aromatic N) is 1. The van der Waals surface area contributed by atoms with Crippen LogP contribution < -0.4 is 11.1 Å². The molecule has 3 N–H and O–H groups in total. The number of amides is 1. The fourth-order valence-electron chi connectivity index (χ4n) is 3.05. The summed E-state index contributed by atoms with van der Waals surface area (Å²) in [6.07, 6.45) is 4.89. The number of carbonyl (C=O) groups excluding carboxylic acids is 1. The third-order valence-electron chi connectivity index (χ3n) is 4.38. The number of halogens is 1. The zero-order valence-corrected chi connectivity index (χ0v) is 14.9. The molecule has 1 aromatic carbocycles. The Morgan fingerprint density at radius 2 is 2.04 bits per heavy atom. The van der Waals surface area contributed by atoms with Gasteiger partial charge in [0.15, 0.2) is 0 Å². The van der Waals surface area contributed by atoms with Crippen molar-refractivity contribution in [2.75, 3.05) is 26.2 Å². The maximum Gasteiger partial charge on any atom is 0.251 e. The van der Waals surface area contributed by atoms with E-state index in [4.69, 9.17) is 5.73 Å². The molecule has 1 unspecified atom stereocenters. The fourth-order valence-corrected chi connectivity index (χ4v) is 3.05. The van der Waals surface area contributed by atoms with Gasteiger partial charge in [-0.25, -0.2) is 0 Å². The van der Waals surface area contributed by atoms with Crippen molar-refractivity contribution in [3.05, 3.63) is 35.4 Å². The van der Waals surface area contributed by atoms with Crippen LogP contribution in [0.2, 0.25) is 0 Å². The van der Waals surface area contributed by atoms with Crippen molar-refractivity contribution in [3.8, 4) is 0 Å². The highest BCUT2D eigenvalue weighted by molar-refractivity contribution is 5.94. The van der Waals surface area contributed by atoms with Gasteiger partial charge in [0.2, 0.25) is 0 Å². The lowest BCUT2D eigenvalue weighted by atomic mass is 10.0. The van der Waals surface area contributed by atoms with Crippen molar-refractivity contribution in [1.82, 2.24) is 10.2 Å². The molecular formula is C18H30ClN3O. The standard InChI is InChI=1S/C18H29N3O.ClH/c1-15-5-4-12-21(14-15)11-3-2-10-20-18(22)17-8-6-16(13-19)7-9-17;/h6-9,15H,2-5,10-14,19H2,1H3,(H,20,22);1H. The quantitative estimate of drug-likeness (QED) is 0.751. The average Bonchev–Trinajstić information content (AvgIpc) is 2.54. The molecule has 1 amide bonds. The Balaban J connectivity index is 0.00000264. The van der Waals surface area contributed by atoms with Crippen LogP contribution in [0.3, 0.4) is 0 Å². The minimum absolute atomic E-state index is 0. The maximum atomic E-state index is 12.0. The third kappa shape index (κ3) is 6.90. The van der Waals surface area contributed by atoms with Gasteiger partial charge in [-0.1, -0.05) is 19.1 Å². The summed E-state index contributed by atoms with van der Waals surface area (Å²) in [5, 5.41) is 2.99. The van der Waals surface area contributed by atoms with Crippen LogP contribution in [-0.4, -0.2) is 37.0 Å². The monoisotopic (exact) mass is 339 g/mol. The number of nitrogens with two attached hydrogens (primary N) is 1. The number of hydrogen-bond acceptors (Lipinski definition) is 3. The fraction of sp³-hybridized carbons (Fsp3) is 0.611. The van der Waals surface area contributed by atoms with E-state index in [-0.39, 0.29) is 18.3 Å². The molecule has 23 heavy (non-hydrogen) atoms. The molecule has 1 heterocycles. The van der Waals surface area contributed by atoms with E-state index in [2.05, 4.69) is 17.1 Å². The molecule has 0 aromatic heterocycles. The van der Waals surface area contributed by atoms with Crippen molar-refractivity contribution < 1.29 is 4.79 Å². The minimum Gasteiger partial charge on any atom is -0.352 e. The van der Waals surface area contributed by atoms with E-state index in [0.717, 1.165) is 37.4 Å². The summed E-state index contributed by atoms with van der Waals surface area (Å²) in [6, 6.07) is 7.50. The predicted molar refractivity (Wildman–Crippen MR) is 98.0 cm³/mol. The molecule has 0 bridgehead atoms. The molecule has 5 heteroatoms. The highest BCUT2D eigenvalue weighted by atomic mass is 35.5. The van der Waals surface area contributed by atoms with Crippen LogP contribution in [0.5, 0.6) is 0 Å². The lowest BCUT2D eigenvalue weighted by molar-refractivity contribution is 0.0952. The predicted octanol–water partition coefficient (Wildman–Crippen LogP) is 2.81. The lowest BCUT2D eigenvalue weighted by Gasteiger charge is -2.30. The molecule has 1 atom stereocenters. The number of likely N-dealkylation sites (tertiary alicyclic amines) is 1. The summed E-state index contributed by atoms with van der Waals surface area (Å²) in [6.45, 7) is 7.23. The van der Waals surface area contributed by atoms with Gasteiger partial charge in [0.25, 0.3) is 5.91 Å². The Hall–Kier alpha value is -1.10. The number of unbranched alkanes of at least 4 members (excludes halogenated alkanes) is 1. The van der Waals surface area contributed by atoms with E-state index in [0.29, 0.717) is 12.1 Å². The van der Waals surface area contributed by atoms with Gasteiger partial charge in [-0.05, 0) is 62.4 Å². The van der Waals surface area contributed by atoms with Gasteiger partial charge in [-0.3, -0.25) is 4.79 Å². The summed E-state index contributed by atoms with van der Waals surface area (Å²) in [4.78, 5) is 14.6. The summed E-state index contributed by atoms with van der Waals surface area (Å²) in [5.74, 6) is 0.847. The van der Waals surface area contributed by atoms with E-state index in [1.807, 2.05) is 24.3 Å². The van der Waals surface area contributed by atoms with Gasteiger partial charge in [0.05, 0.1) is 0 Å². The van der Waals surface area contributed by atoms with Gasteiger partial charge in [0, 0.05) is 25.2 Å². The number of piperidine rings is 1. The summed E-state index contributed by atoms with van der Waals surface area (Å²) < 4.78 is 0. The van der Waals surface area contributed by atoms with Gasteiger partial charge >= 0.3 is 0 Å². The van der Waals surface area contributed by atoms with E-state index in [1.54, 1.807) is 0 Å². The Bertz CT molecular complexity index is 464. The van der Waals surface area contributed by atoms with Crippen LogP contribution in [-0.2, 0) is 6.54 Å². The average molecular weight is 340 g/mol. The number of nitrogens with one attached hydrogen (secondary N) is 1. The first-order chi connectivity index (χ1) is 10.7. The minimum atomic E-state index is 0. The highest BCUT2D eigenvalue weighted by Crippen LogP contribution is 2.15. The molecule has 0 radical (unpaired) electrons. The van der Waals surface area contributed by atoms with Crippen LogP contribution in [0.1, 0.15) is 48.5 Å². The second-order valence-corrected chi connectivity index (χ2v) is 6.41.